The number of benzene rings is 3. The van der Waals surface area contributed by atoms with Gasteiger partial charge in [0.1, 0.15) is 11.9 Å². The predicted molar refractivity (Wildman–Crippen MR) is 159 cm³/mol. The second-order valence-corrected chi connectivity index (χ2v) is 10.1. The Hall–Kier alpha value is -5.33. The minimum Gasteiger partial charge on any atom is -0.475 e. The van der Waals surface area contributed by atoms with Crippen LogP contribution in [-0.4, -0.2) is 52.8 Å². The van der Waals surface area contributed by atoms with Crippen molar-refractivity contribution < 1.29 is 37.4 Å². The lowest BCUT2D eigenvalue weighted by molar-refractivity contribution is -0.192. The Morgan fingerprint density at radius 2 is 1.86 bits per heavy atom. The minimum atomic E-state index is -5.08. The van der Waals surface area contributed by atoms with E-state index in [0.717, 1.165) is 38.7 Å². The highest BCUT2D eigenvalue weighted by Gasteiger charge is 2.38. The molecule has 3 heterocycles. The summed E-state index contributed by atoms with van der Waals surface area (Å²) in [7, 11) is 1.78. The minimum absolute atomic E-state index is 0.0774. The topological polar surface area (TPSA) is 147 Å². The number of pyridine rings is 1. The Kier molecular flexibility index (Phi) is 9.57. The van der Waals surface area contributed by atoms with Crippen LogP contribution in [0.3, 0.4) is 0 Å². The van der Waals surface area contributed by atoms with Gasteiger partial charge in [-0.05, 0) is 71.0 Å². The molecule has 0 saturated carbocycles. The molecule has 0 fully saturated rings. The third kappa shape index (κ3) is 7.94. The number of amides is 2. The molecule has 1 aromatic heterocycles. The molecule has 2 amide bonds. The molecule has 44 heavy (non-hydrogen) atoms. The van der Waals surface area contributed by atoms with Crippen molar-refractivity contribution in [1.82, 2.24) is 9.88 Å². The van der Waals surface area contributed by atoms with Crippen LogP contribution in [0.15, 0.2) is 72.9 Å². The number of aryl methyl sites for hydroxylation is 1. The molecular weight excluding hydrogens is 579 g/mol. The average molecular weight is 610 g/mol. The van der Waals surface area contributed by atoms with Gasteiger partial charge < -0.3 is 25.8 Å². The molecule has 13 heteroatoms. The Balaban J connectivity index is 0.000000566. The normalized spacial score (nSPS) is 15.6. The molecule has 10 nitrogen and oxygen atoms in total. The van der Waals surface area contributed by atoms with Gasteiger partial charge in [0.25, 0.3) is 0 Å². The summed E-state index contributed by atoms with van der Waals surface area (Å²) in [6.45, 7) is 2.63. The number of rotatable bonds is 2. The fraction of sp³-hybridized carbons (Fsp3) is 0.226. The molecule has 0 spiro atoms. The fourth-order valence-corrected chi connectivity index (χ4v) is 4.65. The van der Waals surface area contributed by atoms with E-state index in [0.29, 0.717) is 24.5 Å². The molecular formula is C31H30F3N5O5. The number of hydrogen-bond donors (Lipinski definition) is 4. The van der Waals surface area contributed by atoms with Gasteiger partial charge in [0.2, 0.25) is 5.91 Å². The molecule has 0 radical (unpaired) electrons. The van der Waals surface area contributed by atoms with Gasteiger partial charge in [-0.15, -0.1) is 0 Å². The number of nitrogen functional groups attached to an aromatic ring is 1. The molecule has 2 aliphatic heterocycles. The van der Waals surface area contributed by atoms with Crippen molar-refractivity contribution >= 4 is 45.9 Å². The summed E-state index contributed by atoms with van der Waals surface area (Å²) in [5, 5.41) is 15.2. The van der Waals surface area contributed by atoms with Crippen molar-refractivity contribution in [2.24, 2.45) is 0 Å². The molecule has 6 rings (SSSR count). The van der Waals surface area contributed by atoms with Gasteiger partial charge in [0.05, 0.1) is 6.61 Å². The number of fused-ring (bicyclic) bond motifs is 10. The van der Waals surface area contributed by atoms with Crippen LogP contribution in [0, 0.1) is 6.92 Å². The SMILES string of the molecule is Cc1cc2ccc1CCOC(=O)Nc1cccc(c1)CN(C)C(=O)C2Nc1ccc2c(N)nccc2c1.O=C(O)C(F)(F)F. The van der Waals surface area contributed by atoms with Crippen molar-refractivity contribution in [2.45, 2.75) is 32.1 Å². The van der Waals surface area contributed by atoms with Crippen molar-refractivity contribution in [3.05, 3.63) is 95.2 Å². The van der Waals surface area contributed by atoms with Gasteiger partial charge in [0, 0.05) is 43.0 Å². The highest BCUT2D eigenvalue weighted by Crippen LogP contribution is 2.28. The molecule has 2 aliphatic rings. The van der Waals surface area contributed by atoms with E-state index in [1.807, 2.05) is 67.6 Å². The summed E-state index contributed by atoms with van der Waals surface area (Å²) >= 11 is 0. The van der Waals surface area contributed by atoms with Crippen molar-refractivity contribution in [2.75, 3.05) is 30.0 Å². The van der Waals surface area contributed by atoms with E-state index in [-0.39, 0.29) is 12.5 Å². The molecule has 0 saturated heterocycles. The lowest BCUT2D eigenvalue weighted by Crippen LogP contribution is -2.35. The number of ether oxygens (including phenoxy) is 1. The molecule has 0 aliphatic carbocycles. The molecule has 4 aromatic rings. The van der Waals surface area contributed by atoms with Crippen LogP contribution < -0.4 is 16.4 Å². The van der Waals surface area contributed by atoms with E-state index in [1.165, 1.54) is 0 Å². The number of carboxylic acid groups (broad SMARTS) is 1. The van der Waals surface area contributed by atoms with Crippen LogP contribution in [0.4, 0.5) is 35.2 Å². The number of carboxylic acids is 1. The number of aromatic nitrogens is 1. The Bertz CT molecular complexity index is 1700. The smallest absolute Gasteiger partial charge is 0.475 e. The number of anilines is 3. The number of aliphatic carboxylic acids is 1. The van der Waals surface area contributed by atoms with E-state index in [9.17, 15) is 22.8 Å². The highest BCUT2D eigenvalue weighted by molar-refractivity contribution is 5.94. The number of nitrogens with zero attached hydrogens (tertiary/aromatic N) is 2. The number of nitrogens with two attached hydrogens (primary N) is 1. The van der Waals surface area contributed by atoms with Gasteiger partial charge in [-0.2, -0.15) is 13.2 Å². The molecule has 230 valence electrons. The van der Waals surface area contributed by atoms with Crippen LogP contribution in [-0.2, 0) is 27.3 Å². The summed E-state index contributed by atoms with van der Waals surface area (Å²) in [6.07, 6.45) is -3.33. The van der Waals surface area contributed by atoms with Gasteiger partial charge in [0.15, 0.2) is 0 Å². The second kappa shape index (κ2) is 13.3. The van der Waals surface area contributed by atoms with Crippen molar-refractivity contribution in [3.8, 4) is 0 Å². The molecule has 1 unspecified atom stereocenters. The maximum Gasteiger partial charge on any atom is 0.490 e. The van der Waals surface area contributed by atoms with Gasteiger partial charge in [-0.25, -0.2) is 14.6 Å². The first kappa shape index (κ1) is 31.6. The number of carbonyl (C=O) groups is 3. The van der Waals surface area contributed by atoms with Crippen LogP contribution in [0.5, 0.6) is 0 Å². The summed E-state index contributed by atoms with van der Waals surface area (Å²) in [5.41, 5.74) is 11.3. The highest BCUT2D eigenvalue weighted by atomic mass is 19.4. The maximum absolute atomic E-state index is 13.9. The fourth-order valence-electron chi connectivity index (χ4n) is 4.65. The van der Waals surface area contributed by atoms with Crippen molar-refractivity contribution in [1.29, 1.82) is 0 Å². The summed E-state index contributed by atoms with van der Waals surface area (Å²) in [4.78, 5) is 40.8. The third-order valence-electron chi connectivity index (χ3n) is 6.87. The Labute approximate surface area is 250 Å². The Morgan fingerprint density at radius 1 is 1.11 bits per heavy atom. The summed E-state index contributed by atoms with van der Waals surface area (Å²) in [5.74, 6) is -2.36. The lowest BCUT2D eigenvalue weighted by Gasteiger charge is -2.27. The van der Waals surface area contributed by atoms with Gasteiger partial charge in [-0.1, -0.05) is 30.3 Å². The van der Waals surface area contributed by atoms with E-state index in [4.69, 9.17) is 20.4 Å². The number of nitrogens with one attached hydrogen (secondary N) is 2. The second-order valence-electron chi connectivity index (χ2n) is 10.1. The third-order valence-corrected chi connectivity index (χ3v) is 6.87. The zero-order chi connectivity index (χ0) is 32.0. The first-order valence-electron chi connectivity index (χ1n) is 13.4. The molecule has 4 bridgehead atoms. The van der Waals surface area contributed by atoms with E-state index in [2.05, 4.69) is 15.6 Å². The number of halogens is 3. The standard InChI is InChI=1S/C29H29N5O3.C2HF3O2/c1-18-14-22-7-6-20(18)11-13-37-29(36)33-23-5-3-4-19(15-23)17-34(2)28(35)26(22)32-24-8-9-25-21(16-24)10-12-31-27(25)30;3-2(4,5)1(6)7/h3-10,12,14-16,26,32H,11,13,17H2,1-2H3,(H2,30,31)(H,33,36);(H,6,7). The first-order valence-corrected chi connectivity index (χ1v) is 13.4. The summed E-state index contributed by atoms with van der Waals surface area (Å²) < 4.78 is 37.1. The van der Waals surface area contributed by atoms with Crippen LogP contribution >= 0.6 is 0 Å². The van der Waals surface area contributed by atoms with Crippen LogP contribution in [0.25, 0.3) is 10.8 Å². The van der Waals surface area contributed by atoms with E-state index in [1.54, 1.807) is 24.2 Å². The maximum atomic E-state index is 13.9. The average Bonchev–Trinajstić information content (AvgIpc) is 2.96. The first-order chi connectivity index (χ1) is 20.8. The lowest BCUT2D eigenvalue weighted by atomic mass is 9.97. The zero-order valence-corrected chi connectivity index (χ0v) is 23.8. The quantitative estimate of drug-likeness (QED) is 0.227. The molecule has 3 aromatic carbocycles. The monoisotopic (exact) mass is 609 g/mol. The largest absolute Gasteiger partial charge is 0.490 e. The van der Waals surface area contributed by atoms with Crippen molar-refractivity contribution in [3.63, 3.8) is 0 Å². The van der Waals surface area contributed by atoms with Crippen LogP contribution in [0.1, 0.15) is 28.3 Å². The molecule has 5 N–H and O–H groups in total. The number of likely N-dealkylation sites (N-methyl/N-ethyl adjacent to an activating group) is 1. The number of alkyl halides is 3. The van der Waals surface area contributed by atoms with E-state index < -0.39 is 24.3 Å². The van der Waals surface area contributed by atoms with Crippen LogP contribution in [0.2, 0.25) is 0 Å². The number of hydrogen-bond acceptors (Lipinski definition) is 7. The van der Waals surface area contributed by atoms with E-state index >= 15 is 0 Å². The van der Waals surface area contributed by atoms with Gasteiger partial charge >= 0.3 is 18.2 Å². The predicted octanol–water partition coefficient (Wildman–Crippen LogP) is 5.68. The molecule has 1 atom stereocenters. The van der Waals surface area contributed by atoms with Gasteiger partial charge in [-0.3, -0.25) is 10.1 Å². The number of carbonyl (C=O) groups excluding carboxylic acids is 2. The summed E-state index contributed by atoms with van der Waals surface area (Å²) in [6, 6.07) is 20.5. The zero-order valence-electron chi connectivity index (χ0n) is 23.8. The Morgan fingerprint density at radius 3 is 2.57 bits per heavy atom.